The van der Waals surface area contributed by atoms with Gasteiger partial charge in [-0.05, 0) is 35.3 Å². The molecule has 6 nitrogen and oxygen atoms in total. The van der Waals surface area contributed by atoms with Crippen molar-refractivity contribution in [2.45, 2.75) is 6.54 Å². The van der Waals surface area contributed by atoms with Gasteiger partial charge in [0.05, 0.1) is 5.56 Å². The number of hydrogen-bond donors (Lipinski definition) is 2. The van der Waals surface area contributed by atoms with Crippen molar-refractivity contribution in [2.75, 3.05) is 13.7 Å². The van der Waals surface area contributed by atoms with Gasteiger partial charge in [0.25, 0.3) is 5.91 Å². The number of ether oxygens (including phenoxy) is 1. The SMILES string of the molecule is CN(Cc1cc(Cl)cc(Cl)c1)C(=O)COc1cccc(B(O)O)c1C=O. The lowest BCUT2D eigenvalue weighted by Gasteiger charge is -2.18. The van der Waals surface area contributed by atoms with Gasteiger partial charge in [-0.15, -0.1) is 0 Å². The van der Waals surface area contributed by atoms with E-state index < -0.39 is 7.12 Å². The molecule has 0 saturated carbocycles. The molecule has 26 heavy (non-hydrogen) atoms. The minimum Gasteiger partial charge on any atom is -0.483 e. The van der Waals surface area contributed by atoms with Crippen LogP contribution in [0.5, 0.6) is 5.75 Å². The minimum absolute atomic E-state index is 0.00636. The smallest absolute Gasteiger partial charge is 0.483 e. The van der Waals surface area contributed by atoms with Crippen LogP contribution in [0.25, 0.3) is 0 Å². The van der Waals surface area contributed by atoms with Gasteiger partial charge in [0, 0.05) is 23.6 Å². The van der Waals surface area contributed by atoms with Crippen LogP contribution in [0.2, 0.25) is 10.0 Å². The Kier molecular flexibility index (Phi) is 7.05. The molecule has 0 aromatic heterocycles. The Hall–Kier alpha value is -2.06. The van der Waals surface area contributed by atoms with E-state index in [2.05, 4.69) is 0 Å². The predicted octanol–water partition coefficient (Wildman–Crippen LogP) is 1.52. The van der Waals surface area contributed by atoms with Crippen LogP contribution < -0.4 is 10.2 Å². The molecule has 0 aliphatic heterocycles. The van der Waals surface area contributed by atoms with Gasteiger partial charge in [-0.2, -0.15) is 0 Å². The van der Waals surface area contributed by atoms with Crippen LogP contribution in [-0.4, -0.2) is 47.9 Å². The second kappa shape index (κ2) is 9.05. The maximum absolute atomic E-state index is 12.3. The number of halogens is 2. The summed E-state index contributed by atoms with van der Waals surface area (Å²) in [5.41, 5.74) is 0.753. The molecule has 0 aliphatic rings. The number of carbonyl (C=O) groups excluding carboxylic acids is 2. The first-order valence-corrected chi connectivity index (χ1v) is 8.33. The van der Waals surface area contributed by atoms with Crippen molar-refractivity contribution in [1.29, 1.82) is 0 Å². The second-order valence-electron chi connectivity index (χ2n) is 5.57. The molecule has 136 valence electrons. The highest BCUT2D eigenvalue weighted by Crippen LogP contribution is 2.20. The van der Waals surface area contributed by atoms with E-state index in [9.17, 15) is 19.6 Å². The van der Waals surface area contributed by atoms with Crippen molar-refractivity contribution in [3.63, 3.8) is 0 Å². The lowest BCUT2D eigenvalue weighted by Crippen LogP contribution is -2.34. The molecule has 0 aliphatic carbocycles. The van der Waals surface area contributed by atoms with Crippen LogP contribution in [0.1, 0.15) is 15.9 Å². The third kappa shape index (κ3) is 5.22. The Balaban J connectivity index is 2.04. The van der Waals surface area contributed by atoms with Crippen molar-refractivity contribution < 1.29 is 24.4 Å². The van der Waals surface area contributed by atoms with E-state index in [1.54, 1.807) is 25.2 Å². The fourth-order valence-electron chi connectivity index (χ4n) is 2.35. The van der Waals surface area contributed by atoms with E-state index in [0.717, 1.165) is 5.56 Å². The predicted molar refractivity (Wildman–Crippen MR) is 100 cm³/mol. The third-order valence-corrected chi connectivity index (χ3v) is 4.05. The van der Waals surface area contributed by atoms with Gasteiger partial charge in [-0.3, -0.25) is 9.59 Å². The molecule has 0 radical (unpaired) electrons. The zero-order valence-corrected chi connectivity index (χ0v) is 15.4. The van der Waals surface area contributed by atoms with Crippen LogP contribution in [0.3, 0.4) is 0 Å². The molecule has 2 aromatic carbocycles. The van der Waals surface area contributed by atoms with Crippen molar-refractivity contribution in [3.8, 4) is 5.75 Å². The molecule has 0 saturated heterocycles. The molecule has 0 atom stereocenters. The van der Waals surface area contributed by atoms with Gasteiger partial charge >= 0.3 is 7.12 Å². The normalized spacial score (nSPS) is 10.3. The van der Waals surface area contributed by atoms with Crippen molar-refractivity contribution in [3.05, 3.63) is 57.6 Å². The number of benzene rings is 2. The molecular weight excluding hydrogens is 380 g/mol. The Morgan fingerprint density at radius 1 is 1.23 bits per heavy atom. The summed E-state index contributed by atoms with van der Waals surface area (Å²) in [5, 5.41) is 19.5. The lowest BCUT2D eigenvalue weighted by atomic mass is 9.77. The van der Waals surface area contributed by atoms with Gasteiger partial charge < -0.3 is 19.7 Å². The number of nitrogens with zero attached hydrogens (tertiary/aromatic N) is 1. The molecule has 0 fully saturated rings. The number of likely N-dealkylation sites (N-methyl/N-ethyl adjacent to an activating group) is 1. The molecule has 0 heterocycles. The van der Waals surface area contributed by atoms with E-state index in [1.807, 2.05) is 0 Å². The van der Waals surface area contributed by atoms with E-state index >= 15 is 0 Å². The maximum Gasteiger partial charge on any atom is 0.489 e. The summed E-state index contributed by atoms with van der Waals surface area (Å²) in [6, 6.07) is 9.36. The molecule has 1 amide bonds. The summed E-state index contributed by atoms with van der Waals surface area (Å²) in [6.45, 7) is -0.0466. The van der Waals surface area contributed by atoms with Gasteiger partial charge in [-0.1, -0.05) is 35.3 Å². The average molecular weight is 396 g/mol. The number of amides is 1. The van der Waals surface area contributed by atoms with Crippen molar-refractivity contribution in [1.82, 2.24) is 4.90 Å². The Morgan fingerprint density at radius 3 is 2.46 bits per heavy atom. The van der Waals surface area contributed by atoms with Gasteiger partial charge in [0.2, 0.25) is 0 Å². The summed E-state index contributed by atoms with van der Waals surface area (Å²) in [5.74, 6) is -0.244. The van der Waals surface area contributed by atoms with Crippen LogP contribution in [0.4, 0.5) is 0 Å². The molecule has 2 rings (SSSR count). The number of rotatable bonds is 7. The Morgan fingerprint density at radius 2 is 1.88 bits per heavy atom. The topological polar surface area (TPSA) is 87.1 Å². The summed E-state index contributed by atoms with van der Waals surface area (Å²) in [7, 11) is -0.223. The molecule has 2 aromatic rings. The fourth-order valence-corrected chi connectivity index (χ4v) is 2.92. The summed E-state index contributed by atoms with van der Waals surface area (Å²) >= 11 is 11.9. The van der Waals surface area contributed by atoms with Crippen molar-refractivity contribution >= 4 is 48.0 Å². The second-order valence-corrected chi connectivity index (χ2v) is 6.44. The number of carbonyl (C=O) groups is 2. The monoisotopic (exact) mass is 395 g/mol. The maximum atomic E-state index is 12.3. The zero-order valence-electron chi connectivity index (χ0n) is 13.9. The first-order valence-electron chi connectivity index (χ1n) is 7.57. The highest BCUT2D eigenvalue weighted by molar-refractivity contribution is 6.60. The lowest BCUT2D eigenvalue weighted by molar-refractivity contribution is -0.132. The summed E-state index contributed by atoms with van der Waals surface area (Å²) in [4.78, 5) is 24.9. The van der Waals surface area contributed by atoms with E-state index in [4.69, 9.17) is 27.9 Å². The van der Waals surface area contributed by atoms with E-state index in [1.165, 1.54) is 23.1 Å². The van der Waals surface area contributed by atoms with Crippen molar-refractivity contribution in [2.24, 2.45) is 0 Å². The summed E-state index contributed by atoms with van der Waals surface area (Å²) < 4.78 is 5.39. The van der Waals surface area contributed by atoms with Crippen LogP contribution in [-0.2, 0) is 11.3 Å². The molecule has 0 spiro atoms. The van der Waals surface area contributed by atoms with E-state index in [0.29, 0.717) is 16.3 Å². The standard InChI is InChI=1S/C17H16BCl2NO5/c1-21(8-11-5-12(19)7-13(20)6-11)17(23)10-26-16-4-2-3-15(18(24)25)14(16)9-22/h2-7,9,24-25H,8,10H2,1H3. The highest BCUT2D eigenvalue weighted by atomic mass is 35.5. The number of hydrogen-bond acceptors (Lipinski definition) is 5. The largest absolute Gasteiger partial charge is 0.489 e. The van der Waals surface area contributed by atoms with Crippen LogP contribution in [0.15, 0.2) is 36.4 Å². The molecular formula is C17H16BCl2NO5. The first-order chi connectivity index (χ1) is 12.3. The van der Waals surface area contributed by atoms with E-state index in [-0.39, 0.29) is 35.8 Å². The Labute approximate surface area is 161 Å². The minimum atomic E-state index is -1.82. The summed E-state index contributed by atoms with van der Waals surface area (Å²) in [6.07, 6.45) is 0.451. The van der Waals surface area contributed by atoms with Gasteiger partial charge in [0.1, 0.15) is 5.75 Å². The third-order valence-electron chi connectivity index (χ3n) is 3.61. The van der Waals surface area contributed by atoms with Crippen LogP contribution in [0, 0.1) is 0 Å². The Bertz CT molecular complexity index is 795. The molecule has 9 heteroatoms. The highest BCUT2D eigenvalue weighted by Gasteiger charge is 2.20. The number of aldehydes is 1. The molecule has 0 unspecified atom stereocenters. The molecule has 0 bridgehead atoms. The van der Waals surface area contributed by atoms with Crippen LogP contribution >= 0.6 is 23.2 Å². The average Bonchev–Trinajstić information content (AvgIpc) is 2.58. The zero-order chi connectivity index (χ0) is 19.3. The molecule has 2 N–H and O–H groups in total. The quantitative estimate of drug-likeness (QED) is 0.548. The van der Waals surface area contributed by atoms with Gasteiger partial charge in [0.15, 0.2) is 12.9 Å². The first kappa shape index (κ1) is 20.3. The fraction of sp³-hybridized carbons (Fsp3) is 0.176. The van der Waals surface area contributed by atoms with Gasteiger partial charge in [-0.25, -0.2) is 0 Å².